The third kappa shape index (κ3) is 3.71. The molecule has 0 aliphatic heterocycles. The van der Waals surface area contributed by atoms with E-state index in [2.05, 4.69) is 15.1 Å². The fourth-order valence-electron chi connectivity index (χ4n) is 3.11. The Morgan fingerprint density at radius 2 is 1.62 bits per heavy atom. The number of anilines is 1. The smallest absolute Gasteiger partial charge is 0.228 e. The number of hydrogen-bond donors (Lipinski definition) is 0. The second-order valence-corrected chi connectivity index (χ2v) is 8.84. The summed E-state index contributed by atoms with van der Waals surface area (Å²) in [5, 5.41) is 4.45. The average molecular weight is 407 g/mol. The lowest BCUT2D eigenvalue weighted by molar-refractivity contribution is 0.589. The minimum atomic E-state index is -3.87. The van der Waals surface area contributed by atoms with Crippen molar-refractivity contribution in [1.82, 2.24) is 19.6 Å². The zero-order valence-electron chi connectivity index (χ0n) is 16.4. The number of aryl methyl sites for hydroxylation is 3. The standard InChI is InChI=1S/C21H21N5O2S/c1-15-9-11-19(12-10-15)29(27,28)25(14-18-7-5-4-6-8-18)21-23-20-22-16(2)13-17(3)26(20)24-21/h4-13H,14H2,1-3H3. The first-order valence-electron chi connectivity index (χ1n) is 9.19. The number of hydrogen-bond acceptors (Lipinski definition) is 5. The molecule has 0 spiro atoms. The Kier molecular flexibility index (Phi) is 4.79. The van der Waals surface area contributed by atoms with Gasteiger partial charge in [-0.1, -0.05) is 48.0 Å². The summed E-state index contributed by atoms with van der Waals surface area (Å²) in [6, 6.07) is 18.0. The Labute approximate surface area is 169 Å². The molecule has 0 atom stereocenters. The molecule has 2 heterocycles. The van der Waals surface area contributed by atoms with Gasteiger partial charge in [-0.15, -0.1) is 5.10 Å². The Hall–Kier alpha value is -3.26. The summed E-state index contributed by atoms with van der Waals surface area (Å²) in [5.41, 5.74) is 3.45. The van der Waals surface area contributed by atoms with Crippen molar-refractivity contribution in [2.45, 2.75) is 32.2 Å². The number of nitrogens with zero attached hydrogens (tertiary/aromatic N) is 5. The predicted octanol–water partition coefficient (Wildman–Crippen LogP) is 3.45. The normalized spacial score (nSPS) is 11.7. The Morgan fingerprint density at radius 1 is 0.931 bits per heavy atom. The predicted molar refractivity (Wildman–Crippen MR) is 111 cm³/mol. The molecule has 0 N–H and O–H groups in total. The molecule has 0 aliphatic carbocycles. The highest BCUT2D eigenvalue weighted by atomic mass is 32.2. The Morgan fingerprint density at radius 3 is 2.31 bits per heavy atom. The number of fused-ring (bicyclic) bond motifs is 1. The van der Waals surface area contributed by atoms with E-state index in [4.69, 9.17) is 0 Å². The molecular formula is C21H21N5O2S. The van der Waals surface area contributed by atoms with Gasteiger partial charge in [0.2, 0.25) is 0 Å². The molecular weight excluding hydrogens is 386 g/mol. The molecule has 4 rings (SSSR count). The zero-order chi connectivity index (χ0) is 20.6. The highest BCUT2D eigenvalue weighted by molar-refractivity contribution is 7.92. The van der Waals surface area contributed by atoms with E-state index in [1.54, 1.807) is 28.8 Å². The summed E-state index contributed by atoms with van der Waals surface area (Å²) in [7, 11) is -3.87. The van der Waals surface area contributed by atoms with Crippen LogP contribution in [-0.4, -0.2) is 28.0 Å². The van der Waals surface area contributed by atoms with E-state index in [1.807, 2.05) is 57.2 Å². The number of aromatic nitrogens is 4. The first kappa shape index (κ1) is 19.1. The molecule has 2 aromatic heterocycles. The van der Waals surface area contributed by atoms with Crippen LogP contribution in [0.2, 0.25) is 0 Å². The van der Waals surface area contributed by atoms with Crippen LogP contribution in [-0.2, 0) is 16.6 Å². The third-order valence-corrected chi connectivity index (χ3v) is 6.35. The first-order valence-corrected chi connectivity index (χ1v) is 10.6. The van der Waals surface area contributed by atoms with Crippen molar-refractivity contribution in [2.24, 2.45) is 0 Å². The van der Waals surface area contributed by atoms with Crippen LogP contribution >= 0.6 is 0 Å². The van der Waals surface area contributed by atoms with E-state index < -0.39 is 10.0 Å². The van der Waals surface area contributed by atoms with Gasteiger partial charge in [0.05, 0.1) is 11.4 Å². The molecule has 8 heteroatoms. The van der Waals surface area contributed by atoms with Crippen molar-refractivity contribution < 1.29 is 8.42 Å². The molecule has 0 amide bonds. The van der Waals surface area contributed by atoms with Gasteiger partial charge in [0.15, 0.2) is 0 Å². The van der Waals surface area contributed by atoms with Gasteiger partial charge >= 0.3 is 0 Å². The van der Waals surface area contributed by atoms with Crippen molar-refractivity contribution in [1.29, 1.82) is 0 Å². The molecule has 0 fully saturated rings. The lowest BCUT2D eigenvalue weighted by Gasteiger charge is -2.21. The average Bonchev–Trinajstić information content (AvgIpc) is 3.11. The van der Waals surface area contributed by atoms with Crippen molar-refractivity contribution >= 4 is 21.7 Å². The summed E-state index contributed by atoms with van der Waals surface area (Å²) < 4.78 is 29.8. The number of sulfonamides is 1. The quantitative estimate of drug-likeness (QED) is 0.506. The summed E-state index contributed by atoms with van der Waals surface area (Å²) in [4.78, 5) is 9.00. The molecule has 0 aliphatic rings. The minimum absolute atomic E-state index is 0.0932. The monoisotopic (exact) mass is 407 g/mol. The first-order chi connectivity index (χ1) is 13.8. The van der Waals surface area contributed by atoms with Gasteiger partial charge in [-0.3, -0.25) is 0 Å². The highest BCUT2D eigenvalue weighted by Crippen LogP contribution is 2.24. The van der Waals surface area contributed by atoms with Crippen LogP contribution in [0.4, 0.5) is 5.95 Å². The van der Waals surface area contributed by atoms with E-state index >= 15 is 0 Å². The largest absolute Gasteiger partial charge is 0.267 e. The maximum atomic E-state index is 13.5. The third-order valence-electron chi connectivity index (χ3n) is 4.61. The fourth-order valence-corrected chi connectivity index (χ4v) is 4.46. The second-order valence-electron chi connectivity index (χ2n) is 6.97. The molecule has 29 heavy (non-hydrogen) atoms. The van der Waals surface area contributed by atoms with Crippen LogP contribution in [0.15, 0.2) is 65.6 Å². The van der Waals surface area contributed by atoms with Crippen molar-refractivity contribution in [3.05, 3.63) is 83.2 Å². The molecule has 0 bridgehead atoms. The molecule has 0 saturated heterocycles. The van der Waals surface area contributed by atoms with Gasteiger partial charge in [-0.25, -0.2) is 17.7 Å². The molecule has 148 valence electrons. The minimum Gasteiger partial charge on any atom is -0.228 e. The second kappa shape index (κ2) is 7.29. The molecule has 2 aromatic carbocycles. The highest BCUT2D eigenvalue weighted by Gasteiger charge is 2.29. The lowest BCUT2D eigenvalue weighted by Crippen LogP contribution is -2.31. The van der Waals surface area contributed by atoms with Gasteiger partial charge in [-0.2, -0.15) is 9.50 Å². The Balaban J connectivity index is 1.86. The Bertz CT molecular complexity index is 1270. The van der Waals surface area contributed by atoms with E-state index in [1.165, 1.54) is 4.31 Å². The van der Waals surface area contributed by atoms with Gasteiger partial charge in [0.1, 0.15) is 0 Å². The van der Waals surface area contributed by atoms with E-state index in [0.717, 1.165) is 22.5 Å². The van der Waals surface area contributed by atoms with Crippen LogP contribution in [0.1, 0.15) is 22.5 Å². The molecule has 7 nitrogen and oxygen atoms in total. The summed E-state index contributed by atoms with van der Waals surface area (Å²) >= 11 is 0. The lowest BCUT2D eigenvalue weighted by atomic mass is 10.2. The fraction of sp³-hybridized carbons (Fsp3) is 0.190. The van der Waals surface area contributed by atoms with Crippen molar-refractivity contribution in [3.63, 3.8) is 0 Å². The van der Waals surface area contributed by atoms with Crippen molar-refractivity contribution in [3.8, 4) is 0 Å². The SMILES string of the molecule is Cc1ccc(S(=O)(=O)N(Cc2ccccc2)c2nc3nc(C)cc(C)n3n2)cc1. The van der Waals surface area contributed by atoms with Crippen LogP contribution in [0.3, 0.4) is 0 Å². The molecule has 0 radical (unpaired) electrons. The van der Waals surface area contributed by atoms with E-state index in [9.17, 15) is 8.42 Å². The van der Waals surface area contributed by atoms with Gasteiger partial charge in [-0.05, 0) is 44.5 Å². The van der Waals surface area contributed by atoms with Crippen LogP contribution < -0.4 is 4.31 Å². The van der Waals surface area contributed by atoms with Crippen molar-refractivity contribution in [2.75, 3.05) is 4.31 Å². The summed E-state index contributed by atoms with van der Waals surface area (Å²) in [6.45, 7) is 5.78. The number of benzene rings is 2. The molecule has 0 unspecified atom stereocenters. The maximum Gasteiger partial charge on any atom is 0.267 e. The molecule has 4 aromatic rings. The molecule has 0 saturated carbocycles. The van der Waals surface area contributed by atoms with Gasteiger partial charge < -0.3 is 0 Å². The van der Waals surface area contributed by atoms with Crippen LogP contribution in [0.25, 0.3) is 5.78 Å². The van der Waals surface area contributed by atoms with E-state index in [0.29, 0.717) is 5.78 Å². The van der Waals surface area contributed by atoms with E-state index in [-0.39, 0.29) is 17.4 Å². The topological polar surface area (TPSA) is 80.5 Å². The number of rotatable bonds is 5. The van der Waals surface area contributed by atoms with Crippen LogP contribution in [0.5, 0.6) is 0 Å². The van der Waals surface area contributed by atoms with Crippen LogP contribution in [0, 0.1) is 20.8 Å². The van der Waals surface area contributed by atoms with Gasteiger partial charge in [0, 0.05) is 11.4 Å². The zero-order valence-corrected chi connectivity index (χ0v) is 17.3. The summed E-state index contributed by atoms with van der Waals surface area (Å²) in [6.07, 6.45) is 0. The maximum absolute atomic E-state index is 13.5. The van der Waals surface area contributed by atoms with Gasteiger partial charge in [0.25, 0.3) is 21.7 Å². The summed E-state index contributed by atoms with van der Waals surface area (Å²) in [5.74, 6) is 0.463.